The molecule has 0 bridgehead atoms. The highest BCUT2D eigenvalue weighted by atomic mass is 16.8. The van der Waals surface area contributed by atoms with Crippen LogP contribution in [0.5, 0.6) is 0 Å². The molecule has 3 aliphatic rings. The van der Waals surface area contributed by atoms with Gasteiger partial charge in [0, 0.05) is 6.42 Å². The molecule has 3 saturated heterocycles. The van der Waals surface area contributed by atoms with Crippen molar-refractivity contribution in [2.75, 3.05) is 26.4 Å². The van der Waals surface area contributed by atoms with Gasteiger partial charge in [0.05, 0.1) is 38.6 Å². The van der Waals surface area contributed by atoms with Gasteiger partial charge in [-0.25, -0.2) is 0 Å². The molecule has 0 aromatic heterocycles. The van der Waals surface area contributed by atoms with Crippen molar-refractivity contribution < 1.29 is 89.4 Å². The zero-order chi connectivity index (χ0) is 58.3. The van der Waals surface area contributed by atoms with Gasteiger partial charge in [-0.1, -0.05) is 192 Å². The SMILES string of the molecule is CCC/C=C\CCCCCCCC(=O)NC(COC1OC(CO)C(OC2OC(CO)C(OC3OC(CO)C(O)C(O)C3O)C(O)C2O)C(O)C1O)C(O)/C=C/CC/C=C/CCCCCCCCCCCCCCCCCCCCC. The molecule has 1 amide bonds. The summed E-state index contributed by atoms with van der Waals surface area (Å²) in [4.78, 5) is 13.2. The van der Waals surface area contributed by atoms with Crippen LogP contribution >= 0.6 is 0 Å². The molecule has 12 N–H and O–H groups in total. The summed E-state index contributed by atoms with van der Waals surface area (Å²) in [5, 5.41) is 120. The maximum atomic E-state index is 13.2. The van der Waals surface area contributed by atoms with E-state index in [4.69, 9.17) is 28.4 Å². The monoisotopic (exact) mass is 1150 g/mol. The minimum atomic E-state index is -1.98. The standard InChI is InChI=1S/C61H111NO18/c1-3-5-7-9-11-13-15-16-17-18-19-20-21-22-23-24-25-26-27-28-29-30-32-34-36-38-45(66)44(62-49(67)39-37-35-33-31-14-12-10-8-6-4-2)43-75-59-55(73)52(70)57(47(41-64)77-59)80-61-56(74)53(71)58(48(42-65)78-61)79-60-54(72)51(69)50(68)46(40-63)76-60/h8,10,29-30,36,38,44-48,50-61,63-66,68-74H,3-7,9,11-28,31-35,37,39-43H2,1-2H3,(H,62,67)/b10-8-,30-29+,38-36+. The molecule has 80 heavy (non-hydrogen) atoms. The first kappa shape index (κ1) is 72.3. The number of aliphatic hydroxyl groups is 11. The molecule has 19 nitrogen and oxygen atoms in total. The summed E-state index contributed by atoms with van der Waals surface area (Å²) in [5.41, 5.74) is 0. The maximum absolute atomic E-state index is 13.2. The van der Waals surface area contributed by atoms with Crippen LogP contribution in [-0.2, 0) is 33.2 Å². The van der Waals surface area contributed by atoms with Gasteiger partial charge in [-0.2, -0.15) is 0 Å². The topological polar surface area (TPSA) is 307 Å². The molecule has 0 aromatic carbocycles. The maximum Gasteiger partial charge on any atom is 0.220 e. The van der Waals surface area contributed by atoms with Gasteiger partial charge in [0.25, 0.3) is 0 Å². The summed E-state index contributed by atoms with van der Waals surface area (Å²) in [6, 6.07) is -0.992. The number of allylic oxidation sites excluding steroid dienone is 5. The van der Waals surface area contributed by atoms with E-state index < -0.39 is 124 Å². The van der Waals surface area contributed by atoms with Crippen LogP contribution in [0.2, 0.25) is 0 Å². The molecule has 3 aliphatic heterocycles. The van der Waals surface area contributed by atoms with Gasteiger partial charge in [-0.15, -0.1) is 0 Å². The second kappa shape index (κ2) is 44.5. The number of unbranched alkanes of at least 4 members (excludes halogenated alkanes) is 26. The van der Waals surface area contributed by atoms with E-state index in [1.54, 1.807) is 6.08 Å². The van der Waals surface area contributed by atoms with E-state index >= 15 is 0 Å². The van der Waals surface area contributed by atoms with Crippen molar-refractivity contribution in [2.24, 2.45) is 0 Å². The van der Waals surface area contributed by atoms with Crippen LogP contribution in [0, 0.1) is 0 Å². The first-order chi connectivity index (χ1) is 38.8. The molecule has 0 radical (unpaired) electrons. The Balaban J connectivity index is 1.46. The van der Waals surface area contributed by atoms with E-state index in [9.17, 15) is 61.0 Å². The number of rotatable bonds is 46. The summed E-state index contributed by atoms with van der Waals surface area (Å²) in [6.07, 6.45) is 21.6. The lowest BCUT2D eigenvalue weighted by Crippen LogP contribution is -2.66. The lowest BCUT2D eigenvalue weighted by molar-refractivity contribution is -0.379. The summed E-state index contributed by atoms with van der Waals surface area (Å²) >= 11 is 0. The highest BCUT2D eigenvalue weighted by Crippen LogP contribution is 2.33. The first-order valence-corrected chi connectivity index (χ1v) is 31.2. The Morgan fingerprint density at radius 1 is 0.438 bits per heavy atom. The minimum absolute atomic E-state index is 0.224. The number of ether oxygens (including phenoxy) is 6. The normalized spacial score (nSPS) is 30.2. The molecular formula is C61H111NO18. The van der Waals surface area contributed by atoms with Gasteiger partial charge < -0.3 is 89.9 Å². The van der Waals surface area contributed by atoms with Gasteiger partial charge in [-0.05, 0) is 51.4 Å². The number of aliphatic hydroxyl groups excluding tert-OH is 11. The molecular weight excluding hydrogens is 1030 g/mol. The van der Waals surface area contributed by atoms with E-state index in [0.29, 0.717) is 12.8 Å². The number of amides is 1. The molecule has 17 atom stereocenters. The fourth-order valence-electron chi connectivity index (χ4n) is 10.5. The van der Waals surface area contributed by atoms with Crippen LogP contribution in [0.4, 0.5) is 0 Å². The van der Waals surface area contributed by atoms with E-state index in [2.05, 4.69) is 43.5 Å². The van der Waals surface area contributed by atoms with E-state index in [-0.39, 0.29) is 18.9 Å². The van der Waals surface area contributed by atoms with Crippen molar-refractivity contribution >= 4 is 5.91 Å². The molecule has 0 spiro atoms. The Morgan fingerprint density at radius 3 is 1.30 bits per heavy atom. The van der Waals surface area contributed by atoms with Crippen LogP contribution in [-0.4, -0.2) is 193 Å². The summed E-state index contributed by atoms with van der Waals surface area (Å²) in [6.45, 7) is 1.63. The number of carbonyl (C=O) groups excluding carboxylic acids is 1. The fraction of sp³-hybridized carbons (Fsp3) is 0.885. The molecule has 3 heterocycles. The van der Waals surface area contributed by atoms with Crippen molar-refractivity contribution in [3.63, 3.8) is 0 Å². The van der Waals surface area contributed by atoms with Gasteiger partial charge in [0.1, 0.15) is 73.2 Å². The zero-order valence-corrected chi connectivity index (χ0v) is 48.8. The molecule has 19 heteroatoms. The lowest BCUT2D eigenvalue weighted by atomic mass is 9.96. The Hall–Kier alpha value is -1.99. The summed E-state index contributed by atoms with van der Waals surface area (Å²) < 4.78 is 34.2. The molecule has 3 fully saturated rings. The zero-order valence-electron chi connectivity index (χ0n) is 48.8. The van der Waals surface area contributed by atoms with Crippen LogP contribution < -0.4 is 5.32 Å². The molecule has 0 aromatic rings. The first-order valence-electron chi connectivity index (χ1n) is 31.2. The number of carbonyl (C=O) groups is 1. The quantitative estimate of drug-likeness (QED) is 0.0242. The minimum Gasteiger partial charge on any atom is -0.394 e. The van der Waals surface area contributed by atoms with E-state index in [0.717, 1.165) is 64.2 Å². The van der Waals surface area contributed by atoms with Crippen LogP contribution in [0.15, 0.2) is 36.5 Å². The average Bonchev–Trinajstić information content (AvgIpc) is 3.47. The van der Waals surface area contributed by atoms with Crippen molar-refractivity contribution in [2.45, 2.75) is 317 Å². The average molecular weight is 1150 g/mol. The molecule has 468 valence electrons. The van der Waals surface area contributed by atoms with Crippen molar-refractivity contribution in [1.82, 2.24) is 5.32 Å². The van der Waals surface area contributed by atoms with Crippen molar-refractivity contribution in [1.29, 1.82) is 0 Å². The predicted octanol–water partition coefficient (Wildman–Crippen LogP) is 6.10. The van der Waals surface area contributed by atoms with Gasteiger partial charge in [0.15, 0.2) is 18.9 Å². The molecule has 3 rings (SSSR count). The van der Waals surface area contributed by atoms with Crippen LogP contribution in [0.25, 0.3) is 0 Å². The lowest BCUT2D eigenvalue weighted by Gasteiger charge is -2.48. The third-order valence-electron chi connectivity index (χ3n) is 15.6. The second-order valence-corrected chi connectivity index (χ2v) is 22.5. The third-order valence-corrected chi connectivity index (χ3v) is 15.6. The van der Waals surface area contributed by atoms with Crippen LogP contribution in [0.1, 0.15) is 213 Å². The summed E-state index contributed by atoms with van der Waals surface area (Å²) in [7, 11) is 0. The summed E-state index contributed by atoms with van der Waals surface area (Å²) in [5.74, 6) is -0.298. The Morgan fingerprint density at radius 2 is 0.825 bits per heavy atom. The number of hydrogen-bond acceptors (Lipinski definition) is 18. The Kier molecular flexibility index (Phi) is 40.2. The predicted molar refractivity (Wildman–Crippen MR) is 305 cm³/mol. The molecule has 0 saturated carbocycles. The molecule has 17 unspecified atom stereocenters. The second-order valence-electron chi connectivity index (χ2n) is 22.5. The van der Waals surface area contributed by atoms with Crippen molar-refractivity contribution in [3.8, 4) is 0 Å². The highest BCUT2D eigenvalue weighted by molar-refractivity contribution is 5.76. The number of hydrogen-bond donors (Lipinski definition) is 12. The van der Waals surface area contributed by atoms with Crippen LogP contribution in [0.3, 0.4) is 0 Å². The van der Waals surface area contributed by atoms with E-state index in [1.165, 1.54) is 116 Å². The van der Waals surface area contributed by atoms with E-state index in [1.807, 2.05) is 6.08 Å². The van der Waals surface area contributed by atoms with Gasteiger partial charge >= 0.3 is 0 Å². The smallest absolute Gasteiger partial charge is 0.220 e. The van der Waals surface area contributed by atoms with Gasteiger partial charge in [-0.3, -0.25) is 4.79 Å². The third kappa shape index (κ3) is 27.8. The van der Waals surface area contributed by atoms with Crippen molar-refractivity contribution in [3.05, 3.63) is 36.5 Å². The Bertz CT molecular complexity index is 1600. The Labute approximate surface area is 479 Å². The molecule has 0 aliphatic carbocycles. The number of nitrogens with one attached hydrogen (secondary N) is 1. The highest BCUT2D eigenvalue weighted by Gasteiger charge is 2.53. The van der Waals surface area contributed by atoms with Gasteiger partial charge in [0.2, 0.25) is 5.91 Å². The largest absolute Gasteiger partial charge is 0.394 e. The fourth-order valence-corrected chi connectivity index (χ4v) is 10.5.